The molecular formula is C11H17N3O2. The second-order valence-electron chi connectivity index (χ2n) is 5.10. The molecule has 2 fully saturated rings. The van der Waals surface area contributed by atoms with Gasteiger partial charge in [-0.05, 0) is 12.8 Å². The quantitative estimate of drug-likeness (QED) is 0.660. The molecule has 0 aromatic heterocycles. The Morgan fingerprint density at radius 2 is 2.00 bits per heavy atom. The van der Waals surface area contributed by atoms with Crippen LogP contribution in [-0.4, -0.2) is 58.8 Å². The molecule has 3 aliphatic heterocycles. The van der Waals surface area contributed by atoms with Crippen LogP contribution in [0.3, 0.4) is 0 Å². The monoisotopic (exact) mass is 223 g/mol. The van der Waals surface area contributed by atoms with Crippen molar-refractivity contribution in [3.8, 4) is 0 Å². The maximum atomic E-state index is 10.8. The summed E-state index contributed by atoms with van der Waals surface area (Å²) in [6, 6.07) is 0. The molecule has 1 spiro atoms. The third-order valence-electron chi connectivity index (χ3n) is 4.07. The first-order valence-corrected chi connectivity index (χ1v) is 5.85. The van der Waals surface area contributed by atoms with Gasteiger partial charge in [0.15, 0.2) is 0 Å². The van der Waals surface area contributed by atoms with E-state index in [0.29, 0.717) is 18.5 Å². The minimum Gasteiger partial charge on any atom is -0.465 e. The van der Waals surface area contributed by atoms with Crippen LogP contribution in [0.1, 0.15) is 12.8 Å². The average Bonchev–Trinajstić information content (AvgIpc) is 2.77. The van der Waals surface area contributed by atoms with Crippen molar-refractivity contribution in [2.75, 3.05) is 32.7 Å². The van der Waals surface area contributed by atoms with Crippen molar-refractivity contribution in [1.82, 2.24) is 14.9 Å². The number of likely N-dealkylation sites (tertiary alicyclic amines) is 1. The molecule has 5 heteroatoms. The molecule has 2 saturated heterocycles. The van der Waals surface area contributed by atoms with E-state index in [1.165, 1.54) is 0 Å². The largest absolute Gasteiger partial charge is 0.465 e. The Hall–Kier alpha value is -1.23. The lowest BCUT2D eigenvalue weighted by Crippen LogP contribution is -2.44. The van der Waals surface area contributed by atoms with Crippen molar-refractivity contribution >= 4 is 6.09 Å². The van der Waals surface area contributed by atoms with Gasteiger partial charge in [0.05, 0.1) is 0 Å². The van der Waals surface area contributed by atoms with Crippen LogP contribution < -0.4 is 0 Å². The lowest BCUT2D eigenvalue weighted by molar-refractivity contribution is 0.0969. The van der Waals surface area contributed by atoms with Crippen molar-refractivity contribution in [2.24, 2.45) is 5.41 Å². The summed E-state index contributed by atoms with van der Waals surface area (Å²) in [5, 5.41) is 13.6. The lowest BCUT2D eigenvalue weighted by atomic mass is 9.79. The molecule has 3 aliphatic rings. The van der Waals surface area contributed by atoms with Gasteiger partial charge in [-0.2, -0.15) is 0 Å². The van der Waals surface area contributed by atoms with Crippen LogP contribution in [0, 0.1) is 5.41 Å². The summed E-state index contributed by atoms with van der Waals surface area (Å²) in [7, 11) is 0. The van der Waals surface area contributed by atoms with Crippen molar-refractivity contribution in [2.45, 2.75) is 12.8 Å². The molecule has 0 atom stereocenters. The van der Waals surface area contributed by atoms with Crippen LogP contribution in [0.4, 0.5) is 4.79 Å². The first-order chi connectivity index (χ1) is 7.69. The van der Waals surface area contributed by atoms with E-state index in [-0.39, 0.29) is 0 Å². The summed E-state index contributed by atoms with van der Waals surface area (Å²) in [6.07, 6.45) is 5.56. The Kier molecular flexibility index (Phi) is 2.10. The number of piperidine rings is 1. The van der Waals surface area contributed by atoms with Gasteiger partial charge in [0.25, 0.3) is 0 Å². The van der Waals surface area contributed by atoms with Gasteiger partial charge in [0.1, 0.15) is 0 Å². The Balaban J connectivity index is 1.65. The highest BCUT2D eigenvalue weighted by atomic mass is 16.4. The first kappa shape index (κ1) is 9.96. The average molecular weight is 223 g/mol. The zero-order chi connectivity index (χ0) is 11.2. The summed E-state index contributed by atoms with van der Waals surface area (Å²) in [5.41, 5.74) is 0.330. The van der Waals surface area contributed by atoms with E-state index < -0.39 is 6.09 Å². The number of fused-ring (bicyclic) bond motifs is 1. The molecule has 0 radical (unpaired) electrons. The first-order valence-electron chi connectivity index (χ1n) is 5.85. The molecule has 0 aromatic carbocycles. The second-order valence-corrected chi connectivity index (χ2v) is 5.10. The number of hydrogen-bond acceptors (Lipinski definition) is 3. The van der Waals surface area contributed by atoms with Gasteiger partial charge >= 0.3 is 6.09 Å². The molecule has 1 N–H and O–H groups in total. The molecule has 1 amide bonds. The fourth-order valence-corrected chi connectivity index (χ4v) is 3.07. The second kappa shape index (κ2) is 3.38. The standard InChI is InChI=1S/C11H17N3O2/c15-10(16)12-6-2-11(3-7-12)8-13-4-1-5-14(13)9-11/h1,4H,2-3,5-9H2,(H,15,16). The predicted molar refractivity (Wildman–Crippen MR) is 58.7 cm³/mol. The molecule has 3 heterocycles. The van der Waals surface area contributed by atoms with Crippen LogP contribution in [0.25, 0.3) is 0 Å². The Bertz CT molecular complexity index is 334. The molecule has 0 bridgehead atoms. The normalized spacial score (nSPS) is 27.8. The van der Waals surface area contributed by atoms with Crippen molar-refractivity contribution < 1.29 is 9.90 Å². The minimum absolute atomic E-state index is 0.330. The van der Waals surface area contributed by atoms with Crippen LogP contribution in [0.2, 0.25) is 0 Å². The molecule has 0 saturated carbocycles. The van der Waals surface area contributed by atoms with Gasteiger partial charge in [-0.15, -0.1) is 0 Å². The molecular weight excluding hydrogens is 206 g/mol. The predicted octanol–water partition coefficient (Wildman–Crippen LogP) is 0.806. The highest BCUT2D eigenvalue weighted by Crippen LogP contribution is 2.39. The van der Waals surface area contributed by atoms with E-state index in [0.717, 1.165) is 32.5 Å². The van der Waals surface area contributed by atoms with Crippen molar-refractivity contribution in [1.29, 1.82) is 0 Å². The molecule has 16 heavy (non-hydrogen) atoms. The van der Waals surface area contributed by atoms with Crippen LogP contribution in [-0.2, 0) is 0 Å². The van der Waals surface area contributed by atoms with E-state index in [2.05, 4.69) is 22.3 Å². The lowest BCUT2D eigenvalue weighted by Gasteiger charge is -2.37. The van der Waals surface area contributed by atoms with E-state index >= 15 is 0 Å². The number of hydrogen-bond donors (Lipinski definition) is 1. The molecule has 5 nitrogen and oxygen atoms in total. The topological polar surface area (TPSA) is 47.0 Å². The fraction of sp³-hybridized carbons (Fsp3) is 0.727. The molecule has 88 valence electrons. The summed E-state index contributed by atoms with van der Waals surface area (Å²) in [6.45, 7) is 4.57. The van der Waals surface area contributed by atoms with Gasteiger partial charge in [-0.25, -0.2) is 9.80 Å². The van der Waals surface area contributed by atoms with Crippen molar-refractivity contribution in [3.05, 3.63) is 12.3 Å². The summed E-state index contributed by atoms with van der Waals surface area (Å²) in [5.74, 6) is 0. The zero-order valence-corrected chi connectivity index (χ0v) is 9.30. The number of amides is 1. The molecule has 0 unspecified atom stereocenters. The smallest absolute Gasteiger partial charge is 0.407 e. The number of carbonyl (C=O) groups is 1. The van der Waals surface area contributed by atoms with Crippen LogP contribution >= 0.6 is 0 Å². The maximum absolute atomic E-state index is 10.8. The van der Waals surface area contributed by atoms with E-state index in [4.69, 9.17) is 5.11 Å². The van der Waals surface area contributed by atoms with Gasteiger partial charge in [-0.1, -0.05) is 6.08 Å². The van der Waals surface area contributed by atoms with E-state index in [1.54, 1.807) is 4.90 Å². The highest BCUT2D eigenvalue weighted by molar-refractivity contribution is 5.65. The number of rotatable bonds is 0. The van der Waals surface area contributed by atoms with Gasteiger partial charge < -0.3 is 15.0 Å². The number of nitrogens with zero attached hydrogens (tertiary/aromatic N) is 3. The van der Waals surface area contributed by atoms with E-state index in [1.807, 2.05) is 0 Å². The maximum Gasteiger partial charge on any atom is 0.407 e. The van der Waals surface area contributed by atoms with Crippen LogP contribution in [0.5, 0.6) is 0 Å². The Morgan fingerprint density at radius 1 is 1.25 bits per heavy atom. The number of carboxylic acid groups (broad SMARTS) is 1. The third-order valence-corrected chi connectivity index (χ3v) is 4.07. The fourth-order valence-electron chi connectivity index (χ4n) is 3.07. The highest BCUT2D eigenvalue weighted by Gasteiger charge is 2.45. The van der Waals surface area contributed by atoms with Gasteiger partial charge in [0, 0.05) is 44.3 Å². The Labute approximate surface area is 94.9 Å². The van der Waals surface area contributed by atoms with Crippen molar-refractivity contribution in [3.63, 3.8) is 0 Å². The molecule has 0 aliphatic carbocycles. The Morgan fingerprint density at radius 3 is 2.62 bits per heavy atom. The third kappa shape index (κ3) is 1.46. The van der Waals surface area contributed by atoms with Gasteiger partial charge in [0.2, 0.25) is 0 Å². The molecule has 3 rings (SSSR count). The zero-order valence-electron chi connectivity index (χ0n) is 9.30. The summed E-state index contributed by atoms with van der Waals surface area (Å²) in [4.78, 5) is 12.4. The summed E-state index contributed by atoms with van der Waals surface area (Å²) >= 11 is 0. The van der Waals surface area contributed by atoms with Crippen LogP contribution in [0.15, 0.2) is 12.3 Å². The summed E-state index contributed by atoms with van der Waals surface area (Å²) < 4.78 is 0. The van der Waals surface area contributed by atoms with E-state index in [9.17, 15) is 4.79 Å². The SMILES string of the molecule is O=C(O)N1CCC2(CC1)CN1C=CCN1C2. The number of hydrazine groups is 1. The molecule has 0 aromatic rings. The minimum atomic E-state index is -0.770. The van der Waals surface area contributed by atoms with Gasteiger partial charge in [-0.3, -0.25) is 0 Å².